The van der Waals surface area contributed by atoms with E-state index >= 15 is 0 Å². The minimum Gasteiger partial charge on any atom is -0.501 e. The summed E-state index contributed by atoms with van der Waals surface area (Å²) in [5, 5.41) is 10.3. The predicted octanol–water partition coefficient (Wildman–Crippen LogP) is 3.13. The fourth-order valence-electron chi connectivity index (χ4n) is 1.97. The highest BCUT2D eigenvalue weighted by Crippen LogP contribution is 2.47. The van der Waals surface area contributed by atoms with Gasteiger partial charge in [0.25, 0.3) is 0 Å². The fraction of sp³-hybridized carbons (Fsp3) is 0.333. The Morgan fingerprint density at radius 3 is 2.65 bits per heavy atom. The molecule has 0 aliphatic heterocycles. The van der Waals surface area contributed by atoms with Gasteiger partial charge in [-0.25, -0.2) is 0 Å². The van der Waals surface area contributed by atoms with E-state index in [1.165, 1.54) is 0 Å². The zero-order valence-electron chi connectivity index (χ0n) is 12.1. The van der Waals surface area contributed by atoms with Gasteiger partial charge in [-0.2, -0.15) is 0 Å². The van der Waals surface area contributed by atoms with Crippen molar-refractivity contribution in [3.63, 3.8) is 0 Å². The van der Waals surface area contributed by atoms with E-state index < -0.39 is 0 Å². The van der Waals surface area contributed by atoms with Crippen LogP contribution >= 0.6 is 0 Å². The minimum atomic E-state index is 0.00352. The number of aromatic hydroxyl groups is 1. The number of ether oxygens (including phenoxy) is 2. The molecule has 0 aliphatic rings. The molecule has 20 heavy (non-hydrogen) atoms. The molecule has 108 valence electrons. The Labute approximate surface area is 118 Å². The number of hydrogen-bond donors (Lipinski definition) is 1. The molecule has 5 heteroatoms. The van der Waals surface area contributed by atoms with E-state index in [-0.39, 0.29) is 11.7 Å². The van der Waals surface area contributed by atoms with E-state index in [1.807, 2.05) is 45.3 Å². The van der Waals surface area contributed by atoms with Crippen LogP contribution in [0.4, 0.5) is 5.88 Å². The summed E-state index contributed by atoms with van der Waals surface area (Å²) in [5.74, 6) is 1.39. The van der Waals surface area contributed by atoms with Gasteiger partial charge in [-0.05, 0) is 24.6 Å². The molecule has 1 N–H and O–H groups in total. The Morgan fingerprint density at radius 2 is 2.05 bits per heavy atom. The number of anilines is 1. The van der Waals surface area contributed by atoms with Crippen LogP contribution in [0, 0.1) is 0 Å². The lowest BCUT2D eigenvalue weighted by Gasteiger charge is -2.11. The summed E-state index contributed by atoms with van der Waals surface area (Å²) in [7, 11) is 5.29. The summed E-state index contributed by atoms with van der Waals surface area (Å²) in [6.07, 6.45) is 0. The summed E-state index contributed by atoms with van der Waals surface area (Å²) in [6, 6.07) is 7.43. The van der Waals surface area contributed by atoms with Crippen molar-refractivity contribution in [3.8, 4) is 28.6 Å². The first kappa shape index (κ1) is 14.1. The second-order valence-electron chi connectivity index (χ2n) is 4.48. The molecule has 1 heterocycles. The van der Waals surface area contributed by atoms with Crippen molar-refractivity contribution >= 4 is 5.88 Å². The monoisotopic (exact) mass is 277 g/mol. The Hall–Kier alpha value is -2.30. The van der Waals surface area contributed by atoms with Crippen LogP contribution in [0.15, 0.2) is 28.7 Å². The highest BCUT2D eigenvalue weighted by molar-refractivity contribution is 5.83. The molecule has 2 aromatic rings. The van der Waals surface area contributed by atoms with Crippen LogP contribution in [0.2, 0.25) is 0 Å². The van der Waals surface area contributed by atoms with Crippen LogP contribution in [-0.4, -0.2) is 32.9 Å². The van der Waals surface area contributed by atoms with Gasteiger partial charge in [0.2, 0.25) is 11.6 Å². The smallest absolute Gasteiger partial charge is 0.330 e. The average Bonchev–Trinajstić information content (AvgIpc) is 2.77. The van der Waals surface area contributed by atoms with Gasteiger partial charge < -0.3 is 23.9 Å². The van der Waals surface area contributed by atoms with Gasteiger partial charge in [-0.3, -0.25) is 0 Å². The van der Waals surface area contributed by atoms with Gasteiger partial charge in [0.1, 0.15) is 5.75 Å². The van der Waals surface area contributed by atoms with E-state index in [9.17, 15) is 5.11 Å². The van der Waals surface area contributed by atoms with Crippen LogP contribution < -0.4 is 14.4 Å². The van der Waals surface area contributed by atoms with Crippen LogP contribution in [0.1, 0.15) is 6.92 Å². The Balaban J connectivity index is 2.58. The summed E-state index contributed by atoms with van der Waals surface area (Å²) >= 11 is 0. The SMILES string of the molecule is CCOc1oc(N(C)C)c(-c2cccc(OC)c2)c1O. The van der Waals surface area contributed by atoms with E-state index in [4.69, 9.17) is 13.9 Å². The Bertz CT molecular complexity index is 590. The third-order valence-corrected chi connectivity index (χ3v) is 2.87. The van der Waals surface area contributed by atoms with Crippen molar-refractivity contribution in [2.75, 3.05) is 32.7 Å². The van der Waals surface area contributed by atoms with Crippen molar-refractivity contribution in [3.05, 3.63) is 24.3 Å². The van der Waals surface area contributed by atoms with Crippen LogP contribution in [0.25, 0.3) is 11.1 Å². The molecule has 0 spiro atoms. The van der Waals surface area contributed by atoms with Gasteiger partial charge in [0.15, 0.2) is 0 Å². The number of rotatable bonds is 5. The lowest BCUT2D eigenvalue weighted by atomic mass is 10.1. The summed E-state index contributed by atoms with van der Waals surface area (Å²) < 4.78 is 16.1. The van der Waals surface area contributed by atoms with Crippen molar-refractivity contribution < 1.29 is 19.0 Å². The van der Waals surface area contributed by atoms with Crippen molar-refractivity contribution in [1.82, 2.24) is 0 Å². The predicted molar refractivity (Wildman–Crippen MR) is 77.9 cm³/mol. The maximum Gasteiger partial charge on any atom is 0.330 e. The van der Waals surface area contributed by atoms with E-state index in [1.54, 1.807) is 12.0 Å². The molecule has 0 fully saturated rings. The van der Waals surface area contributed by atoms with Crippen molar-refractivity contribution in [1.29, 1.82) is 0 Å². The minimum absolute atomic E-state index is 0.00352. The number of benzene rings is 1. The Morgan fingerprint density at radius 1 is 1.30 bits per heavy atom. The topological polar surface area (TPSA) is 55.1 Å². The van der Waals surface area contributed by atoms with Gasteiger partial charge in [0.05, 0.1) is 19.3 Å². The molecular formula is C15H19NO4. The van der Waals surface area contributed by atoms with Crippen molar-refractivity contribution in [2.45, 2.75) is 6.92 Å². The second-order valence-corrected chi connectivity index (χ2v) is 4.48. The molecule has 0 aliphatic carbocycles. The first-order valence-electron chi connectivity index (χ1n) is 6.38. The Kier molecular flexibility index (Phi) is 4.08. The molecule has 0 atom stereocenters. The molecule has 5 nitrogen and oxygen atoms in total. The first-order valence-corrected chi connectivity index (χ1v) is 6.38. The van der Waals surface area contributed by atoms with Crippen molar-refractivity contribution in [2.24, 2.45) is 0 Å². The van der Waals surface area contributed by atoms with Gasteiger partial charge in [0, 0.05) is 14.1 Å². The highest BCUT2D eigenvalue weighted by Gasteiger charge is 2.24. The molecule has 1 aromatic heterocycles. The second kappa shape index (κ2) is 5.77. The molecule has 0 amide bonds. The lowest BCUT2D eigenvalue weighted by molar-refractivity contribution is 0.244. The summed E-state index contributed by atoms with van der Waals surface area (Å²) in [6.45, 7) is 2.26. The van der Waals surface area contributed by atoms with E-state index in [0.717, 1.165) is 5.56 Å². The maximum atomic E-state index is 10.3. The molecule has 2 rings (SSSR count). The van der Waals surface area contributed by atoms with Gasteiger partial charge >= 0.3 is 5.95 Å². The lowest BCUT2D eigenvalue weighted by Crippen LogP contribution is -2.08. The summed E-state index contributed by atoms with van der Waals surface area (Å²) in [5.41, 5.74) is 1.40. The van der Waals surface area contributed by atoms with E-state index in [0.29, 0.717) is 23.8 Å². The molecule has 0 radical (unpaired) electrons. The summed E-state index contributed by atoms with van der Waals surface area (Å²) in [4.78, 5) is 1.79. The van der Waals surface area contributed by atoms with Gasteiger partial charge in [-0.15, -0.1) is 0 Å². The fourth-order valence-corrected chi connectivity index (χ4v) is 1.97. The quantitative estimate of drug-likeness (QED) is 0.910. The standard InChI is InChI=1S/C15H19NO4/c1-5-19-15-13(17)12(14(20-15)16(2)3)10-7-6-8-11(9-10)18-4/h6-9,17H,5H2,1-4H3. The largest absolute Gasteiger partial charge is 0.501 e. The molecule has 0 bridgehead atoms. The zero-order chi connectivity index (χ0) is 14.7. The number of furan rings is 1. The molecular weight excluding hydrogens is 258 g/mol. The molecule has 0 unspecified atom stereocenters. The first-order chi connectivity index (χ1) is 9.58. The van der Waals surface area contributed by atoms with Crippen LogP contribution in [-0.2, 0) is 0 Å². The van der Waals surface area contributed by atoms with Crippen LogP contribution in [0.5, 0.6) is 17.4 Å². The third kappa shape index (κ3) is 2.52. The molecule has 0 saturated heterocycles. The zero-order valence-corrected chi connectivity index (χ0v) is 12.1. The third-order valence-electron chi connectivity index (χ3n) is 2.87. The maximum absolute atomic E-state index is 10.3. The molecule has 0 saturated carbocycles. The highest BCUT2D eigenvalue weighted by atomic mass is 16.6. The van der Waals surface area contributed by atoms with Gasteiger partial charge in [-0.1, -0.05) is 12.1 Å². The number of nitrogens with zero attached hydrogens (tertiary/aromatic N) is 1. The van der Waals surface area contributed by atoms with E-state index in [2.05, 4.69) is 0 Å². The van der Waals surface area contributed by atoms with Crippen LogP contribution in [0.3, 0.4) is 0 Å². The normalized spacial score (nSPS) is 10.4. The number of hydrogen-bond acceptors (Lipinski definition) is 5. The average molecular weight is 277 g/mol. The molecule has 1 aromatic carbocycles. The number of methoxy groups -OCH3 is 1.